The fourth-order valence-corrected chi connectivity index (χ4v) is 3.59. The Balaban J connectivity index is 2.49. The summed E-state index contributed by atoms with van der Waals surface area (Å²) in [5.41, 5.74) is 0.169. The van der Waals surface area contributed by atoms with Gasteiger partial charge in [-0.3, -0.25) is 0 Å². The Morgan fingerprint density at radius 3 is 1.94 bits per heavy atom. The second-order valence-electron chi connectivity index (χ2n) is 5.71. The largest absolute Gasteiger partial charge is 0.304 e. The van der Waals surface area contributed by atoms with Crippen LogP contribution in [0.4, 0.5) is 0 Å². The van der Waals surface area contributed by atoms with Gasteiger partial charge in [-0.15, -0.1) is 10.2 Å². The van der Waals surface area contributed by atoms with Gasteiger partial charge in [0.1, 0.15) is 5.82 Å². The van der Waals surface area contributed by atoms with E-state index in [-0.39, 0.29) is 21.9 Å². The second kappa shape index (κ2) is 3.23. The van der Waals surface area contributed by atoms with Crippen molar-refractivity contribution in [1.29, 1.82) is 0 Å². The molecule has 7 heteroatoms. The average Bonchev–Trinajstić information content (AvgIpc) is 2.41. The fourth-order valence-electron chi connectivity index (χ4n) is 2.63. The van der Waals surface area contributed by atoms with E-state index in [9.17, 15) is 8.42 Å². The number of nitrogens with zero attached hydrogens (tertiary/aromatic N) is 3. The van der Waals surface area contributed by atoms with Crippen molar-refractivity contribution in [2.45, 2.75) is 38.8 Å². The third-order valence-corrected chi connectivity index (χ3v) is 5.57. The number of halogens is 1. The Labute approximate surface area is 106 Å². The van der Waals surface area contributed by atoms with Crippen molar-refractivity contribution in [3.8, 4) is 0 Å². The summed E-state index contributed by atoms with van der Waals surface area (Å²) in [6, 6.07) is 0. The highest BCUT2D eigenvalue weighted by atomic mass is 35.7. The van der Waals surface area contributed by atoms with E-state index in [4.69, 9.17) is 10.7 Å². The zero-order chi connectivity index (χ0) is 13.2. The summed E-state index contributed by atoms with van der Waals surface area (Å²) in [6.07, 6.45) is 0. The normalized spacial score (nSPS) is 22.7. The van der Waals surface area contributed by atoms with E-state index in [1.165, 1.54) is 4.57 Å². The Morgan fingerprint density at radius 1 is 1.18 bits per heavy atom. The van der Waals surface area contributed by atoms with Gasteiger partial charge >= 0.3 is 0 Å². The summed E-state index contributed by atoms with van der Waals surface area (Å²) >= 11 is 0. The molecule has 1 aromatic rings. The summed E-state index contributed by atoms with van der Waals surface area (Å²) < 4.78 is 24.0. The fraction of sp³-hybridized carbons (Fsp3) is 0.800. The van der Waals surface area contributed by atoms with Gasteiger partial charge in [-0.25, -0.2) is 8.42 Å². The van der Waals surface area contributed by atoms with Crippen molar-refractivity contribution < 1.29 is 8.42 Å². The van der Waals surface area contributed by atoms with Crippen LogP contribution >= 0.6 is 10.7 Å². The Morgan fingerprint density at radius 2 is 1.65 bits per heavy atom. The van der Waals surface area contributed by atoms with Crippen LogP contribution in [0.1, 0.15) is 39.4 Å². The third-order valence-electron chi connectivity index (χ3n) is 4.37. The molecule has 0 saturated heterocycles. The molecule has 0 unspecified atom stereocenters. The molecule has 1 fully saturated rings. The van der Waals surface area contributed by atoms with Crippen molar-refractivity contribution in [3.63, 3.8) is 0 Å². The molecule has 0 amide bonds. The van der Waals surface area contributed by atoms with Crippen LogP contribution in [0.5, 0.6) is 0 Å². The van der Waals surface area contributed by atoms with Crippen LogP contribution in [0.2, 0.25) is 0 Å². The van der Waals surface area contributed by atoms with Crippen LogP contribution in [0.25, 0.3) is 0 Å². The first-order valence-corrected chi connectivity index (χ1v) is 7.66. The molecule has 5 nitrogen and oxygen atoms in total. The minimum atomic E-state index is -3.83. The quantitative estimate of drug-likeness (QED) is 0.775. The smallest absolute Gasteiger partial charge is 0.296 e. The van der Waals surface area contributed by atoms with Crippen LogP contribution in [-0.4, -0.2) is 23.2 Å². The minimum Gasteiger partial charge on any atom is -0.304 e. The van der Waals surface area contributed by atoms with Gasteiger partial charge in [0.25, 0.3) is 14.2 Å². The molecule has 0 aliphatic heterocycles. The summed E-state index contributed by atoms with van der Waals surface area (Å²) in [5, 5.41) is 7.47. The van der Waals surface area contributed by atoms with E-state index in [0.29, 0.717) is 5.82 Å². The lowest BCUT2D eigenvalue weighted by Gasteiger charge is -2.03. The van der Waals surface area contributed by atoms with Gasteiger partial charge in [0, 0.05) is 23.6 Å². The maximum atomic E-state index is 11.3. The van der Waals surface area contributed by atoms with Crippen LogP contribution in [0.3, 0.4) is 0 Å². The van der Waals surface area contributed by atoms with Gasteiger partial charge < -0.3 is 4.57 Å². The van der Waals surface area contributed by atoms with Gasteiger partial charge in [-0.1, -0.05) is 27.7 Å². The van der Waals surface area contributed by atoms with Crippen LogP contribution in [0.15, 0.2) is 5.16 Å². The lowest BCUT2D eigenvalue weighted by atomic mass is 10.0. The van der Waals surface area contributed by atoms with Crippen LogP contribution < -0.4 is 0 Å². The van der Waals surface area contributed by atoms with E-state index in [2.05, 4.69) is 37.9 Å². The van der Waals surface area contributed by atoms with Crippen LogP contribution in [0, 0.1) is 10.8 Å². The highest BCUT2D eigenvalue weighted by Crippen LogP contribution is 2.73. The molecule has 0 atom stereocenters. The predicted octanol–water partition coefficient (Wildman–Crippen LogP) is 1.89. The first-order valence-electron chi connectivity index (χ1n) is 5.35. The Hall–Kier alpha value is -0.620. The number of hydrogen-bond donors (Lipinski definition) is 0. The van der Waals surface area contributed by atoms with E-state index in [1.54, 1.807) is 7.05 Å². The van der Waals surface area contributed by atoms with Crippen molar-refractivity contribution in [3.05, 3.63) is 5.82 Å². The molecule has 1 aliphatic rings. The third kappa shape index (κ3) is 1.61. The van der Waals surface area contributed by atoms with Gasteiger partial charge in [-0.05, 0) is 10.8 Å². The highest BCUT2D eigenvalue weighted by Gasteiger charge is 2.67. The first kappa shape index (κ1) is 12.8. The molecule has 17 heavy (non-hydrogen) atoms. The summed E-state index contributed by atoms with van der Waals surface area (Å²) in [7, 11) is 3.10. The van der Waals surface area contributed by atoms with Gasteiger partial charge in [-0.2, -0.15) is 0 Å². The van der Waals surface area contributed by atoms with Crippen molar-refractivity contribution in [2.24, 2.45) is 17.9 Å². The maximum Gasteiger partial charge on any atom is 0.296 e. The monoisotopic (exact) mass is 277 g/mol. The SMILES string of the molecule is Cn1c(C2C(C)(C)C2(C)C)nnc1S(=O)(=O)Cl. The van der Waals surface area contributed by atoms with Crippen molar-refractivity contribution in [1.82, 2.24) is 14.8 Å². The van der Waals surface area contributed by atoms with Crippen molar-refractivity contribution in [2.75, 3.05) is 0 Å². The molecule has 0 radical (unpaired) electrons. The molecule has 1 saturated carbocycles. The molecular weight excluding hydrogens is 262 g/mol. The topological polar surface area (TPSA) is 64.8 Å². The average molecular weight is 278 g/mol. The summed E-state index contributed by atoms with van der Waals surface area (Å²) in [6.45, 7) is 8.56. The van der Waals surface area contributed by atoms with Gasteiger partial charge in [0.2, 0.25) is 0 Å². The molecule has 0 aromatic carbocycles. The van der Waals surface area contributed by atoms with E-state index in [1.807, 2.05) is 0 Å². The molecule has 2 rings (SSSR count). The summed E-state index contributed by atoms with van der Waals surface area (Å²) in [5.74, 6) is 0.874. The molecule has 1 heterocycles. The van der Waals surface area contributed by atoms with Crippen molar-refractivity contribution >= 4 is 19.7 Å². The highest BCUT2D eigenvalue weighted by molar-refractivity contribution is 8.13. The number of aromatic nitrogens is 3. The zero-order valence-corrected chi connectivity index (χ0v) is 12.1. The van der Waals surface area contributed by atoms with Gasteiger partial charge in [0.05, 0.1) is 0 Å². The number of rotatable bonds is 2. The number of hydrogen-bond acceptors (Lipinski definition) is 4. The molecule has 1 aromatic heterocycles. The molecule has 0 N–H and O–H groups in total. The molecule has 0 bridgehead atoms. The predicted molar refractivity (Wildman–Crippen MR) is 64.3 cm³/mol. The maximum absolute atomic E-state index is 11.3. The van der Waals surface area contributed by atoms with E-state index >= 15 is 0 Å². The zero-order valence-electron chi connectivity index (χ0n) is 10.5. The summed E-state index contributed by atoms with van der Waals surface area (Å²) in [4.78, 5) is 0. The minimum absolute atomic E-state index is 0.0845. The lowest BCUT2D eigenvalue weighted by molar-refractivity contribution is 0.457. The van der Waals surface area contributed by atoms with Crippen LogP contribution in [-0.2, 0) is 16.1 Å². The lowest BCUT2D eigenvalue weighted by Crippen LogP contribution is -2.05. The Bertz CT molecular complexity index is 560. The molecule has 0 spiro atoms. The molecule has 1 aliphatic carbocycles. The molecule has 96 valence electrons. The standard InChI is InChI=1S/C10H16ClN3O2S/c1-9(2)6(10(9,3)4)7-12-13-8(14(7)5)17(11,15)16/h6H,1-5H3. The Kier molecular flexibility index (Phi) is 2.44. The van der Waals surface area contributed by atoms with Gasteiger partial charge in [0.15, 0.2) is 0 Å². The first-order chi connectivity index (χ1) is 7.51. The van der Waals surface area contributed by atoms with E-state index < -0.39 is 9.05 Å². The van der Waals surface area contributed by atoms with E-state index in [0.717, 1.165) is 0 Å². The second-order valence-corrected chi connectivity index (χ2v) is 8.17. The molecular formula is C10H16ClN3O2S.